The lowest BCUT2D eigenvalue weighted by atomic mass is 10.3. The van der Waals surface area contributed by atoms with E-state index in [1.165, 1.54) is 24.5 Å². The van der Waals surface area contributed by atoms with E-state index in [-0.39, 0.29) is 12.3 Å². The van der Waals surface area contributed by atoms with Crippen molar-refractivity contribution in [2.45, 2.75) is 13.5 Å². The van der Waals surface area contributed by atoms with Crippen LogP contribution >= 0.6 is 11.3 Å². The summed E-state index contributed by atoms with van der Waals surface area (Å²) in [4.78, 5) is 26.5. The Morgan fingerprint density at radius 1 is 1.59 bits per heavy atom. The smallest absolute Gasteiger partial charge is 0.315 e. The minimum atomic E-state index is -0.717. The molecule has 2 N–H and O–H groups in total. The first-order valence-corrected chi connectivity index (χ1v) is 5.57. The van der Waals surface area contributed by atoms with Gasteiger partial charge in [0.25, 0.3) is 0 Å². The highest BCUT2D eigenvalue weighted by Crippen LogP contribution is 2.21. The maximum absolute atomic E-state index is 11.3. The van der Waals surface area contributed by atoms with E-state index in [0.29, 0.717) is 10.7 Å². The fourth-order valence-electron chi connectivity index (χ4n) is 1.26. The molecule has 2 heterocycles. The molecule has 0 saturated heterocycles. The Morgan fingerprint density at radius 3 is 2.82 bits per heavy atom. The second-order valence-electron chi connectivity index (χ2n) is 3.38. The number of aromatic nitrogens is 1. The van der Waals surface area contributed by atoms with Crippen LogP contribution in [0, 0.1) is 0 Å². The molecule has 1 atom stereocenters. The molecule has 0 spiro atoms. The van der Waals surface area contributed by atoms with Crippen molar-refractivity contribution in [3.05, 3.63) is 16.1 Å². The fourth-order valence-corrected chi connectivity index (χ4v) is 2.13. The first-order chi connectivity index (χ1) is 8.03. The zero-order chi connectivity index (χ0) is 12.5. The third kappa shape index (κ3) is 2.12. The summed E-state index contributed by atoms with van der Waals surface area (Å²) in [5, 5.41) is 9.84. The molecular weight excluding hydrogens is 242 g/mol. The minimum absolute atomic E-state index is 0.0940. The first-order valence-electron chi connectivity index (χ1n) is 4.69. The van der Waals surface area contributed by atoms with Crippen molar-refractivity contribution < 1.29 is 14.3 Å². The number of amides is 2. The van der Waals surface area contributed by atoms with Crippen LogP contribution in [0.25, 0.3) is 0 Å². The van der Waals surface area contributed by atoms with Crippen molar-refractivity contribution in [3.8, 4) is 0 Å². The molecule has 17 heavy (non-hydrogen) atoms. The highest BCUT2D eigenvalue weighted by atomic mass is 32.1. The van der Waals surface area contributed by atoms with Crippen LogP contribution in [-0.2, 0) is 6.54 Å². The van der Waals surface area contributed by atoms with Crippen LogP contribution in [0.1, 0.15) is 22.4 Å². The van der Waals surface area contributed by atoms with Crippen LogP contribution in [-0.4, -0.2) is 33.9 Å². The lowest BCUT2D eigenvalue weighted by molar-refractivity contribution is -0.873. The van der Waals surface area contributed by atoms with Crippen LogP contribution in [0.2, 0.25) is 0 Å². The molecule has 0 bridgehead atoms. The van der Waals surface area contributed by atoms with E-state index in [2.05, 4.69) is 21.4 Å². The summed E-state index contributed by atoms with van der Waals surface area (Å²) in [5.74, 6) is -0.127. The molecule has 0 aromatic carbocycles. The first kappa shape index (κ1) is 11.6. The number of Topliss-reactive ketones (excluding diaryl/α,β-unsaturated/α-hetero) is 1. The standard InChI is InChI=1S/C9H8N5O2S/c1-6(15)7-5-17-8(13-7)4-14(9(10)16)11-2-3-12-14/h2,5H,4H2,1H3,(H-,10,16)/p+1. The number of hydrogen-bond donors (Lipinski definition) is 1. The van der Waals surface area contributed by atoms with Gasteiger partial charge in [-0.25, -0.2) is 9.78 Å². The number of urea groups is 1. The molecule has 1 radical (unpaired) electrons. The Morgan fingerprint density at radius 2 is 2.35 bits per heavy atom. The molecule has 1 aliphatic heterocycles. The Hall–Kier alpha value is -1.93. The molecule has 2 rings (SSSR count). The van der Waals surface area contributed by atoms with Gasteiger partial charge in [-0.1, -0.05) is 0 Å². The van der Waals surface area contributed by atoms with Crippen LogP contribution in [0.4, 0.5) is 4.79 Å². The molecule has 87 valence electrons. The monoisotopic (exact) mass is 251 g/mol. The van der Waals surface area contributed by atoms with E-state index >= 15 is 0 Å². The second-order valence-corrected chi connectivity index (χ2v) is 4.33. The lowest BCUT2D eigenvalue weighted by Gasteiger charge is -2.15. The maximum Gasteiger partial charge on any atom is 0.468 e. The third-order valence-electron chi connectivity index (χ3n) is 2.15. The molecule has 7 nitrogen and oxygen atoms in total. The predicted molar refractivity (Wildman–Crippen MR) is 61.6 cm³/mol. The van der Waals surface area contributed by atoms with Gasteiger partial charge >= 0.3 is 6.03 Å². The summed E-state index contributed by atoms with van der Waals surface area (Å²) in [6.07, 6.45) is 3.74. The van der Waals surface area contributed by atoms with Gasteiger partial charge in [0, 0.05) is 17.0 Å². The van der Waals surface area contributed by atoms with Crippen molar-refractivity contribution in [2.75, 3.05) is 0 Å². The van der Waals surface area contributed by atoms with Crippen molar-refractivity contribution in [1.82, 2.24) is 4.98 Å². The van der Waals surface area contributed by atoms with Gasteiger partial charge in [-0.05, 0) is 10.2 Å². The van der Waals surface area contributed by atoms with Gasteiger partial charge in [-0.2, -0.15) is 0 Å². The number of carbonyl (C=O) groups is 2. The van der Waals surface area contributed by atoms with E-state index < -0.39 is 10.7 Å². The van der Waals surface area contributed by atoms with E-state index in [0.717, 1.165) is 0 Å². The Labute approximate surface area is 101 Å². The average Bonchev–Trinajstić information content (AvgIpc) is 2.88. The van der Waals surface area contributed by atoms with Gasteiger partial charge < -0.3 is 5.73 Å². The molecule has 0 saturated carbocycles. The van der Waals surface area contributed by atoms with Gasteiger partial charge in [0.15, 0.2) is 23.6 Å². The summed E-state index contributed by atoms with van der Waals surface area (Å²) in [6, 6.07) is -0.717. The van der Waals surface area contributed by atoms with E-state index in [1.807, 2.05) is 0 Å². The Kier molecular flexibility index (Phi) is 2.82. The Balaban J connectivity index is 2.24. The van der Waals surface area contributed by atoms with Crippen molar-refractivity contribution in [3.63, 3.8) is 0 Å². The number of quaternary nitrogens is 1. The highest BCUT2D eigenvalue weighted by Gasteiger charge is 2.39. The van der Waals surface area contributed by atoms with E-state index in [1.54, 1.807) is 5.38 Å². The van der Waals surface area contributed by atoms with Gasteiger partial charge in [0.1, 0.15) is 11.9 Å². The van der Waals surface area contributed by atoms with Crippen LogP contribution < -0.4 is 5.73 Å². The number of carbonyl (C=O) groups excluding carboxylic acids is 2. The molecule has 1 aromatic heterocycles. The average molecular weight is 251 g/mol. The van der Waals surface area contributed by atoms with Gasteiger partial charge in [-0.3, -0.25) is 4.79 Å². The SMILES string of the molecule is CC(=O)c1csc(C[N+]2(C(N)=O)N=[C]C=N2)n1. The number of nitrogens with two attached hydrogens (primary N) is 1. The summed E-state index contributed by atoms with van der Waals surface area (Å²) < 4.78 is -0.634. The molecule has 2 amide bonds. The number of nitrogens with zero attached hydrogens (tertiary/aromatic N) is 4. The van der Waals surface area contributed by atoms with Crippen molar-refractivity contribution >= 4 is 35.6 Å². The van der Waals surface area contributed by atoms with Gasteiger partial charge in [0.05, 0.1) is 0 Å². The number of rotatable bonds is 3. The number of ketones is 1. The number of hydrogen-bond acceptors (Lipinski definition) is 6. The zero-order valence-electron chi connectivity index (χ0n) is 8.95. The minimum Gasteiger partial charge on any atom is -0.315 e. The largest absolute Gasteiger partial charge is 0.468 e. The molecule has 0 aliphatic carbocycles. The quantitative estimate of drug-likeness (QED) is 0.629. The molecule has 1 aliphatic rings. The predicted octanol–water partition coefficient (Wildman–Crippen LogP) is 0.603. The normalized spacial score (nSPS) is 16.3. The highest BCUT2D eigenvalue weighted by molar-refractivity contribution is 7.09. The third-order valence-corrected chi connectivity index (χ3v) is 2.98. The van der Waals surface area contributed by atoms with Gasteiger partial charge in [-0.15, -0.1) is 11.3 Å². The fraction of sp³-hybridized carbons (Fsp3) is 0.222. The number of thiazole rings is 1. The van der Waals surface area contributed by atoms with Crippen LogP contribution in [0.5, 0.6) is 0 Å². The zero-order valence-corrected chi connectivity index (χ0v) is 9.77. The summed E-state index contributed by atoms with van der Waals surface area (Å²) in [6.45, 7) is 1.52. The van der Waals surface area contributed by atoms with E-state index in [9.17, 15) is 9.59 Å². The number of primary amides is 1. The van der Waals surface area contributed by atoms with Crippen LogP contribution in [0.3, 0.4) is 0 Å². The summed E-state index contributed by atoms with van der Waals surface area (Å²) in [7, 11) is 0. The molecule has 1 aromatic rings. The van der Waals surface area contributed by atoms with Crippen molar-refractivity contribution in [2.24, 2.45) is 15.9 Å². The molecule has 1 unspecified atom stereocenters. The second kappa shape index (κ2) is 4.15. The summed E-state index contributed by atoms with van der Waals surface area (Å²) >= 11 is 1.26. The molecule has 0 fully saturated rings. The lowest BCUT2D eigenvalue weighted by Crippen LogP contribution is -2.45. The van der Waals surface area contributed by atoms with Gasteiger partial charge in [0.2, 0.25) is 0 Å². The topological polar surface area (TPSA) is 97.8 Å². The molecular formula is C9H9N5O2S+. The molecule has 8 heteroatoms. The maximum atomic E-state index is 11.3. The van der Waals surface area contributed by atoms with E-state index in [4.69, 9.17) is 5.73 Å². The van der Waals surface area contributed by atoms with Crippen molar-refractivity contribution in [1.29, 1.82) is 0 Å². The van der Waals surface area contributed by atoms with Crippen LogP contribution in [0.15, 0.2) is 15.6 Å². The summed E-state index contributed by atoms with van der Waals surface area (Å²) in [5.41, 5.74) is 5.61. The Bertz CT molecular complexity index is 521.